The Kier molecular flexibility index (Phi) is 4.20. The maximum absolute atomic E-state index is 12.3. The first-order valence-corrected chi connectivity index (χ1v) is 7.07. The number of hydrogen-bond acceptors (Lipinski definition) is 2. The van der Waals surface area contributed by atoms with Crippen LogP contribution in [0.3, 0.4) is 0 Å². The van der Waals surface area contributed by atoms with E-state index in [0.717, 1.165) is 36.0 Å². The largest absolute Gasteiger partial charge is 0.393 e. The lowest BCUT2D eigenvalue weighted by molar-refractivity contribution is 0.0933. The molecule has 1 fully saturated rings. The average Bonchev–Trinajstić information content (AvgIpc) is 2.76. The Morgan fingerprint density at radius 2 is 2.11 bits per heavy atom. The zero-order chi connectivity index (χ0) is 14.0. The molecule has 0 bridgehead atoms. The van der Waals surface area contributed by atoms with E-state index in [0.29, 0.717) is 4.99 Å². The van der Waals surface area contributed by atoms with Crippen molar-refractivity contribution >= 4 is 23.1 Å². The number of nitrogens with two attached hydrogens (primary N) is 1. The molecule has 2 unspecified atom stereocenters. The molecule has 0 heterocycles. The maximum Gasteiger partial charge on any atom is 0.251 e. The van der Waals surface area contributed by atoms with Gasteiger partial charge in [0.1, 0.15) is 0 Å². The van der Waals surface area contributed by atoms with Crippen LogP contribution in [-0.2, 0) is 0 Å². The quantitative estimate of drug-likeness (QED) is 0.834. The minimum Gasteiger partial charge on any atom is -0.393 e. The Labute approximate surface area is 119 Å². The second-order valence-electron chi connectivity index (χ2n) is 5.34. The number of hydrogen-bond donors (Lipinski definition) is 2. The van der Waals surface area contributed by atoms with Crippen molar-refractivity contribution in [3.8, 4) is 0 Å². The first-order chi connectivity index (χ1) is 8.99. The van der Waals surface area contributed by atoms with Crippen LogP contribution < -0.4 is 11.1 Å². The molecule has 3 nitrogen and oxygen atoms in total. The number of thiocarbonyl (C=S) groups is 1. The SMILES string of the molecule is Cc1ccc(C(=O)NC2CCCC2C(N)=S)c(C)c1. The zero-order valence-corrected chi connectivity index (χ0v) is 12.2. The van der Waals surface area contributed by atoms with Gasteiger partial charge in [0.2, 0.25) is 0 Å². The predicted molar refractivity (Wildman–Crippen MR) is 81.3 cm³/mol. The number of carbonyl (C=O) groups is 1. The van der Waals surface area contributed by atoms with Gasteiger partial charge in [-0.05, 0) is 38.3 Å². The minimum absolute atomic E-state index is 0.0225. The highest BCUT2D eigenvalue weighted by Crippen LogP contribution is 2.26. The van der Waals surface area contributed by atoms with Gasteiger partial charge in [0.25, 0.3) is 5.91 Å². The van der Waals surface area contributed by atoms with E-state index in [1.54, 1.807) is 0 Å². The highest BCUT2D eigenvalue weighted by Gasteiger charge is 2.30. The molecule has 0 saturated heterocycles. The molecule has 0 aromatic heterocycles. The number of nitrogens with one attached hydrogen (secondary N) is 1. The number of carbonyl (C=O) groups excluding carboxylic acids is 1. The molecular formula is C15H20N2OS. The summed E-state index contributed by atoms with van der Waals surface area (Å²) in [5.74, 6) is 0.121. The first kappa shape index (κ1) is 14.0. The smallest absolute Gasteiger partial charge is 0.251 e. The summed E-state index contributed by atoms with van der Waals surface area (Å²) in [6, 6.07) is 5.95. The topological polar surface area (TPSA) is 55.1 Å². The molecule has 0 radical (unpaired) electrons. The van der Waals surface area contributed by atoms with Gasteiger partial charge >= 0.3 is 0 Å². The summed E-state index contributed by atoms with van der Waals surface area (Å²) in [7, 11) is 0. The summed E-state index contributed by atoms with van der Waals surface area (Å²) in [4.78, 5) is 12.8. The van der Waals surface area contributed by atoms with E-state index < -0.39 is 0 Å². The molecule has 4 heteroatoms. The normalized spacial score (nSPS) is 22.2. The van der Waals surface area contributed by atoms with Crippen molar-refractivity contribution in [3.63, 3.8) is 0 Å². The molecular weight excluding hydrogens is 256 g/mol. The van der Waals surface area contributed by atoms with Crippen LogP contribution in [0.5, 0.6) is 0 Å². The van der Waals surface area contributed by atoms with Crippen LogP contribution in [-0.4, -0.2) is 16.9 Å². The molecule has 1 aliphatic carbocycles. The Bertz CT molecular complexity index is 513. The molecule has 19 heavy (non-hydrogen) atoms. The minimum atomic E-state index is -0.0225. The van der Waals surface area contributed by atoms with Crippen molar-refractivity contribution in [2.45, 2.75) is 39.2 Å². The molecule has 1 aromatic carbocycles. The Morgan fingerprint density at radius 1 is 1.37 bits per heavy atom. The van der Waals surface area contributed by atoms with Crippen LogP contribution >= 0.6 is 12.2 Å². The summed E-state index contributed by atoms with van der Waals surface area (Å²) >= 11 is 5.07. The monoisotopic (exact) mass is 276 g/mol. The van der Waals surface area contributed by atoms with Crippen molar-refractivity contribution in [3.05, 3.63) is 34.9 Å². The highest BCUT2D eigenvalue weighted by molar-refractivity contribution is 7.80. The van der Waals surface area contributed by atoms with E-state index >= 15 is 0 Å². The number of aryl methyl sites for hydroxylation is 2. The Balaban J connectivity index is 2.10. The van der Waals surface area contributed by atoms with Gasteiger partial charge in [0.15, 0.2) is 0 Å². The summed E-state index contributed by atoms with van der Waals surface area (Å²) in [6.45, 7) is 3.98. The van der Waals surface area contributed by atoms with Crippen molar-refractivity contribution < 1.29 is 4.79 Å². The lowest BCUT2D eigenvalue weighted by Gasteiger charge is -2.20. The van der Waals surface area contributed by atoms with E-state index in [1.807, 2.05) is 32.0 Å². The molecule has 0 aliphatic heterocycles. The van der Waals surface area contributed by atoms with Crippen LogP contribution in [0.15, 0.2) is 18.2 Å². The van der Waals surface area contributed by atoms with Crippen LogP contribution in [0.4, 0.5) is 0 Å². The standard InChI is InChI=1S/C15H20N2OS/c1-9-6-7-11(10(2)8-9)15(18)17-13-5-3-4-12(13)14(16)19/h6-8,12-13H,3-5H2,1-2H3,(H2,16,19)(H,17,18). The second kappa shape index (κ2) is 5.70. The van der Waals surface area contributed by atoms with Gasteiger partial charge in [-0.3, -0.25) is 4.79 Å². The van der Waals surface area contributed by atoms with Crippen LogP contribution in [0.25, 0.3) is 0 Å². The van der Waals surface area contributed by atoms with Gasteiger partial charge in [-0.15, -0.1) is 0 Å². The van der Waals surface area contributed by atoms with Gasteiger partial charge in [-0.2, -0.15) is 0 Å². The van der Waals surface area contributed by atoms with Crippen molar-refractivity contribution in [1.29, 1.82) is 0 Å². The highest BCUT2D eigenvalue weighted by atomic mass is 32.1. The zero-order valence-electron chi connectivity index (χ0n) is 11.4. The molecule has 102 valence electrons. The fourth-order valence-corrected chi connectivity index (χ4v) is 3.07. The number of amides is 1. The van der Waals surface area contributed by atoms with Crippen molar-refractivity contribution in [2.24, 2.45) is 11.7 Å². The van der Waals surface area contributed by atoms with E-state index in [2.05, 4.69) is 5.32 Å². The fourth-order valence-electron chi connectivity index (χ4n) is 2.79. The molecule has 2 rings (SSSR count). The summed E-state index contributed by atoms with van der Waals surface area (Å²) in [5, 5.41) is 3.08. The lowest BCUT2D eigenvalue weighted by Crippen LogP contribution is -2.41. The second-order valence-corrected chi connectivity index (χ2v) is 5.81. The average molecular weight is 276 g/mol. The first-order valence-electron chi connectivity index (χ1n) is 6.66. The van der Waals surface area contributed by atoms with Crippen LogP contribution in [0.1, 0.15) is 40.7 Å². The number of benzene rings is 1. The molecule has 1 saturated carbocycles. The van der Waals surface area contributed by atoms with Gasteiger partial charge in [0, 0.05) is 17.5 Å². The van der Waals surface area contributed by atoms with Gasteiger partial charge < -0.3 is 11.1 Å². The molecule has 3 N–H and O–H groups in total. The Morgan fingerprint density at radius 3 is 2.74 bits per heavy atom. The number of rotatable bonds is 3. The van der Waals surface area contributed by atoms with E-state index in [9.17, 15) is 4.79 Å². The maximum atomic E-state index is 12.3. The molecule has 1 aliphatic rings. The van der Waals surface area contributed by atoms with Crippen LogP contribution in [0.2, 0.25) is 0 Å². The molecule has 0 spiro atoms. The summed E-state index contributed by atoms with van der Waals surface area (Å²) < 4.78 is 0. The van der Waals surface area contributed by atoms with E-state index in [-0.39, 0.29) is 17.9 Å². The third-order valence-corrected chi connectivity index (χ3v) is 4.13. The lowest BCUT2D eigenvalue weighted by atomic mass is 10.0. The third kappa shape index (κ3) is 3.13. The van der Waals surface area contributed by atoms with Gasteiger partial charge in [0.05, 0.1) is 4.99 Å². The summed E-state index contributed by atoms with van der Waals surface area (Å²) in [6.07, 6.45) is 3.01. The van der Waals surface area contributed by atoms with Crippen molar-refractivity contribution in [2.75, 3.05) is 0 Å². The molecule has 2 atom stereocenters. The summed E-state index contributed by atoms with van der Waals surface area (Å²) in [5.41, 5.74) is 8.63. The molecule has 1 aromatic rings. The van der Waals surface area contributed by atoms with E-state index in [1.165, 1.54) is 0 Å². The van der Waals surface area contributed by atoms with Crippen molar-refractivity contribution in [1.82, 2.24) is 5.32 Å². The third-order valence-electron chi connectivity index (χ3n) is 3.82. The van der Waals surface area contributed by atoms with Gasteiger partial charge in [-0.25, -0.2) is 0 Å². The molecule has 1 amide bonds. The van der Waals surface area contributed by atoms with Gasteiger partial charge in [-0.1, -0.05) is 36.3 Å². The van der Waals surface area contributed by atoms with E-state index in [4.69, 9.17) is 18.0 Å². The fraction of sp³-hybridized carbons (Fsp3) is 0.467. The Hall–Kier alpha value is -1.42. The predicted octanol–water partition coefficient (Wildman–Crippen LogP) is 2.49. The van der Waals surface area contributed by atoms with Crippen LogP contribution in [0, 0.1) is 19.8 Å².